The molecule has 3 aromatic heterocycles. The van der Waals surface area contributed by atoms with Crippen LogP contribution in [0.1, 0.15) is 5.56 Å². The first-order valence-electron chi connectivity index (χ1n) is 8.02. The van der Waals surface area contributed by atoms with Gasteiger partial charge in [0, 0.05) is 19.7 Å². The van der Waals surface area contributed by atoms with Crippen LogP contribution in [0.25, 0.3) is 22.6 Å². The number of aryl methyl sites for hydroxylation is 1. The molecule has 3 heterocycles. The summed E-state index contributed by atoms with van der Waals surface area (Å²) in [7, 11) is 3.33. The highest BCUT2D eigenvalue weighted by atomic mass is 19.1. The van der Waals surface area contributed by atoms with E-state index in [1.54, 1.807) is 44.4 Å². The smallest absolute Gasteiger partial charge is 0.330 e. The summed E-state index contributed by atoms with van der Waals surface area (Å²) in [4.78, 5) is 21.7. The van der Waals surface area contributed by atoms with Gasteiger partial charge in [-0.1, -0.05) is 18.2 Å². The molecule has 0 saturated carbocycles. The van der Waals surface area contributed by atoms with Gasteiger partial charge in [-0.3, -0.25) is 9.13 Å². The molecule has 0 radical (unpaired) electrons. The Kier molecular flexibility index (Phi) is 3.80. The fourth-order valence-electron chi connectivity index (χ4n) is 2.94. The normalized spacial score (nSPS) is 11.2. The summed E-state index contributed by atoms with van der Waals surface area (Å²) >= 11 is 0. The molecular formula is C18H16FN5O2. The Morgan fingerprint density at radius 2 is 2.00 bits per heavy atom. The van der Waals surface area contributed by atoms with Crippen LogP contribution < -0.4 is 11.0 Å². The van der Waals surface area contributed by atoms with Crippen molar-refractivity contribution in [3.63, 3.8) is 0 Å². The van der Waals surface area contributed by atoms with Crippen molar-refractivity contribution < 1.29 is 8.81 Å². The molecule has 1 N–H and O–H groups in total. The minimum absolute atomic E-state index is 0.0700. The molecule has 0 aliphatic rings. The summed E-state index contributed by atoms with van der Waals surface area (Å²) in [6.45, 7) is 0.0700. The zero-order chi connectivity index (χ0) is 18.3. The average molecular weight is 353 g/mol. The molecule has 0 saturated heterocycles. The zero-order valence-corrected chi connectivity index (χ0v) is 14.2. The number of aromatic nitrogens is 4. The van der Waals surface area contributed by atoms with Crippen LogP contribution in [-0.2, 0) is 13.6 Å². The van der Waals surface area contributed by atoms with Gasteiger partial charge in [-0.05, 0) is 18.2 Å². The van der Waals surface area contributed by atoms with Gasteiger partial charge in [0.15, 0.2) is 11.4 Å². The van der Waals surface area contributed by atoms with E-state index in [-0.39, 0.29) is 18.1 Å². The molecule has 8 heteroatoms. The molecule has 132 valence electrons. The number of nitrogens with one attached hydrogen (secondary N) is 1. The van der Waals surface area contributed by atoms with Crippen LogP contribution in [-0.4, -0.2) is 26.1 Å². The van der Waals surface area contributed by atoms with E-state index >= 15 is 0 Å². The fraction of sp³-hybridized carbons (Fsp3) is 0.167. The number of hydrogen-bond donors (Lipinski definition) is 1. The number of hydrogen-bond acceptors (Lipinski definition) is 5. The Morgan fingerprint density at radius 1 is 1.19 bits per heavy atom. The summed E-state index contributed by atoms with van der Waals surface area (Å²) in [6, 6.07) is 9.87. The van der Waals surface area contributed by atoms with Crippen LogP contribution >= 0.6 is 0 Å². The first kappa shape index (κ1) is 16.1. The standard InChI is InChI=1S/C18H16FN5O2/c1-20-17-21-14(13-8-5-9-26-13)15-16(22-17)24(18(25)23(15)2)10-11-6-3-4-7-12(11)19/h3-9H,10H2,1-2H3,(H,20,21,22). The highest BCUT2D eigenvalue weighted by Crippen LogP contribution is 2.27. The van der Waals surface area contributed by atoms with E-state index in [0.29, 0.717) is 34.1 Å². The Hall–Kier alpha value is -3.42. The van der Waals surface area contributed by atoms with Gasteiger partial charge in [-0.15, -0.1) is 0 Å². The number of fused-ring (bicyclic) bond motifs is 1. The number of halogens is 1. The highest BCUT2D eigenvalue weighted by Gasteiger charge is 2.21. The van der Waals surface area contributed by atoms with Crippen molar-refractivity contribution in [3.05, 3.63) is 64.5 Å². The molecule has 0 unspecified atom stereocenters. The maximum Gasteiger partial charge on any atom is 0.330 e. The predicted octanol–water partition coefficient (Wildman–Crippen LogP) is 2.62. The lowest BCUT2D eigenvalue weighted by Gasteiger charge is -2.07. The van der Waals surface area contributed by atoms with E-state index in [2.05, 4.69) is 15.3 Å². The van der Waals surface area contributed by atoms with E-state index in [1.807, 2.05) is 0 Å². The molecule has 0 bridgehead atoms. The number of furan rings is 1. The molecule has 4 rings (SSSR count). The first-order valence-corrected chi connectivity index (χ1v) is 8.02. The number of rotatable bonds is 4. The summed E-state index contributed by atoms with van der Waals surface area (Å²) in [6.07, 6.45) is 1.54. The van der Waals surface area contributed by atoms with Crippen LogP contribution in [0.4, 0.5) is 10.3 Å². The third-order valence-electron chi connectivity index (χ3n) is 4.24. The molecule has 0 spiro atoms. The van der Waals surface area contributed by atoms with Crippen LogP contribution in [0.15, 0.2) is 51.9 Å². The maximum absolute atomic E-state index is 14.1. The van der Waals surface area contributed by atoms with E-state index in [4.69, 9.17) is 4.42 Å². The van der Waals surface area contributed by atoms with Crippen molar-refractivity contribution in [1.29, 1.82) is 0 Å². The van der Waals surface area contributed by atoms with Gasteiger partial charge >= 0.3 is 5.69 Å². The number of anilines is 1. The topological polar surface area (TPSA) is 77.9 Å². The van der Waals surface area contributed by atoms with Gasteiger partial charge < -0.3 is 9.73 Å². The van der Waals surface area contributed by atoms with Gasteiger partial charge in [0.1, 0.15) is 17.0 Å². The molecule has 1 aromatic carbocycles. The predicted molar refractivity (Wildman–Crippen MR) is 95.5 cm³/mol. The molecule has 0 fully saturated rings. The van der Waals surface area contributed by atoms with Crippen LogP contribution in [0.2, 0.25) is 0 Å². The van der Waals surface area contributed by atoms with Crippen LogP contribution in [0.5, 0.6) is 0 Å². The quantitative estimate of drug-likeness (QED) is 0.610. The first-order chi connectivity index (χ1) is 12.6. The Balaban J connectivity index is 2.00. The summed E-state index contributed by atoms with van der Waals surface area (Å²) < 4.78 is 22.4. The molecule has 0 atom stereocenters. The lowest BCUT2D eigenvalue weighted by molar-refractivity contribution is 0.580. The lowest BCUT2D eigenvalue weighted by Crippen LogP contribution is -2.23. The van der Waals surface area contributed by atoms with E-state index in [1.165, 1.54) is 21.5 Å². The summed E-state index contributed by atoms with van der Waals surface area (Å²) in [5.74, 6) is 0.495. The SMILES string of the molecule is CNc1nc(-c2ccco2)c2c(n1)n(Cc1ccccc1F)c(=O)n2C. The lowest BCUT2D eigenvalue weighted by atomic mass is 10.2. The monoisotopic (exact) mass is 353 g/mol. The molecule has 0 amide bonds. The Bertz CT molecular complexity index is 1140. The van der Waals surface area contributed by atoms with Crippen molar-refractivity contribution in [3.8, 4) is 11.5 Å². The van der Waals surface area contributed by atoms with Crippen molar-refractivity contribution in [2.45, 2.75) is 6.54 Å². The van der Waals surface area contributed by atoms with Gasteiger partial charge in [0.05, 0.1) is 12.8 Å². The molecule has 0 aliphatic heterocycles. The van der Waals surface area contributed by atoms with E-state index in [9.17, 15) is 9.18 Å². The highest BCUT2D eigenvalue weighted by molar-refractivity contribution is 5.87. The summed E-state index contributed by atoms with van der Waals surface area (Å²) in [5.41, 5.74) is 1.54. The minimum atomic E-state index is -0.370. The van der Waals surface area contributed by atoms with Gasteiger partial charge in [-0.25, -0.2) is 14.2 Å². The van der Waals surface area contributed by atoms with Crippen LogP contribution in [0.3, 0.4) is 0 Å². The van der Waals surface area contributed by atoms with Crippen molar-refractivity contribution >= 4 is 17.1 Å². The number of benzene rings is 1. The third-order valence-corrected chi connectivity index (χ3v) is 4.24. The van der Waals surface area contributed by atoms with Gasteiger partial charge in [-0.2, -0.15) is 4.98 Å². The second kappa shape index (κ2) is 6.14. The number of nitrogens with zero attached hydrogens (tertiary/aromatic N) is 4. The molecular weight excluding hydrogens is 337 g/mol. The fourth-order valence-corrected chi connectivity index (χ4v) is 2.94. The molecule has 0 aliphatic carbocycles. The van der Waals surface area contributed by atoms with Gasteiger partial charge in [0.2, 0.25) is 5.95 Å². The molecule has 7 nitrogen and oxygen atoms in total. The second-order valence-corrected chi connectivity index (χ2v) is 5.81. The van der Waals surface area contributed by atoms with E-state index in [0.717, 1.165) is 0 Å². The molecule has 26 heavy (non-hydrogen) atoms. The maximum atomic E-state index is 14.1. The second-order valence-electron chi connectivity index (χ2n) is 5.81. The van der Waals surface area contributed by atoms with E-state index < -0.39 is 0 Å². The Labute approximate surface area is 147 Å². The minimum Gasteiger partial charge on any atom is -0.463 e. The van der Waals surface area contributed by atoms with Crippen molar-refractivity contribution in [2.75, 3.05) is 12.4 Å². The third kappa shape index (κ3) is 2.46. The average Bonchev–Trinajstić information content (AvgIpc) is 3.26. The zero-order valence-electron chi connectivity index (χ0n) is 14.2. The molecule has 4 aromatic rings. The van der Waals surface area contributed by atoms with Gasteiger partial charge in [0.25, 0.3) is 0 Å². The largest absolute Gasteiger partial charge is 0.463 e. The number of imidazole rings is 1. The van der Waals surface area contributed by atoms with Crippen molar-refractivity contribution in [2.24, 2.45) is 7.05 Å². The Morgan fingerprint density at radius 3 is 2.69 bits per heavy atom. The van der Waals surface area contributed by atoms with Crippen LogP contribution in [0, 0.1) is 5.82 Å². The van der Waals surface area contributed by atoms with Crippen molar-refractivity contribution in [1.82, 2.24) is 19.1 Å². The summed E-state index contributed by atoms with van der Waals surface area (Å²) in [5, 5.41) is 2.89.